The van der Waals surface area contributed by atoms with Gasteiger partial charge in [-0.05, 0) is 44.4 Å². The van der Waals surface area contributed by atoms with E-state index in [4.69, 9.17) is 0 Å². The van der Waals surface area contributed by atoms with Crippen molar-refractivity contribution in [3.05, 3.63) is 0 Å². The molecule has 0 unspecified atom stereocenters. The molecule has 134 valence electrons. The highest BCUT2D eigenvalue weighted by Gasteiger charge is 2.49. The van der Waals surface area contributed by atoms with Crippen LogP contribution in [0.15, 0.2) is 0 Å². The van der Waals surface area contributed by atoms with Crippen LogP contribution in [0.5, 0.6) is 0 Å². The number of carboxylic acids is 2. The van der Waals surface area contributed by atoms with Gasteiger partial charge >= 0.3 is 11.9 Å². The molecule has 1 amide bonds. The number of amides is 1. The zero-order valence-electron chi connectivity index (χ0n) is 14.0. The maximum atomic E-state index is 12.9. The van der Waals surface area contributed by atoms with Gasteiger partial charge in [0.25, 0.3) is 0 Å². The van der Waals surface area contributed by atoms with E-state index >= 15 is 0 Å². The van der Waals surface area contributed by atoms with Crippen LogP contribution in [0.2, 0.25) is 0 Å². The molecule has 24 heavy (non-hydrogen) atoms. The third-order valence-corrected chi connectivity index (χ3v) is 5.76. The molecule has 0 aromatic heterocycles. The monoisotopic (exact) mass is 338 g/mol. The van der Waals surface area contributed by atoms with Crippen LogP contribution < -0.4 is 5.32 Å². The Morgan fingerprint density at radius 1 is 1.17 bits per heavy atom. The van der Waals surface area contributed by atoms with E-state index in [0.29, 0.717) is 18.8 Å². The van der Waals surface area contributed by atoms with E-state index in [-0.39, 0.29) is 17.9 Å². The standard InChI is InChI=1S/C17H26N2O5/c1-9(18-12(16(21)22)7-10-5-6-10)15(20)19-13-4-2-3-11(13)8-14(19)17(23)24/h9-14,18H,2-8H2,1H3,(H,21,22)(H,23,24)/t9-,11-,12-,13-,14-/m0/s1. The highest BCUT2D eigenvalue weighted by molar-refractivity contribution is 5.88. The molecule has 3 aliphatic rings. The van der Waals surface area contributed by atoms with E-state index in [1.165, 1.54) is 4.90 Å². The predicted molar refractivity (Wildman–Crippen MR) is 85.4 cm³/mol. The van der Waals surface area contributed by atoms with Gasteiger partial charge in [0.15, 0.2) is 0 Å². The minimum absolute atomic E-state index is 0.00504. The van der Waals surface area contributed by atoms with Crippen molar-refractivity contribution < 1.29 is 24.6 Å². The molecule has 3 rings (SSSR count). The fraction of sp³-hybridized carbons (Fsp3) is 0.824. The van der Waals surface area contributed by atoms with Crippen LogP contribution in [0, 0.1) is 11.8 Å². The molecule has 2 saturated carbocycles. The molecule has 1 aliphatic heterocycles. The first-order valence-electron chi connectivity index (χ1n) is 8.92. The van der Waals surface area contributed by atoms with Gasteiger partial charge in [0.05, 0.1) is 6.04 Å². The van der Waals surface area contributed by atoms with Gasteiger partial charge < -0.3 is 15.1 Å². The summed E-state index contributed by atoms with van der Waals surface area (Å²) in [6.07, 6.45) is 5.98. The number of aliphatic carboxylic acids is 2. The minimum atomic E-state index is -0.960. The lowest BCUT2D eigenvalue weighted by Gasteiger charge is -2.31. The van der Waals surface area contributed by atoms with Gasteiger partial charge in [0.1, 0.15) is 12.1 Å². The van der Waals surface area contributed by atoms with Crippen LogP contribution in [0.25, 0.3) is 0 Å². The number of fused-ring (bicyclic) bond motifs is 1. The topological polar surface area (TPSA) is 107 Å². The average molecular weight is 338 g/mol. The number of nitrogens with one attached hydrogen (secondary N) is 1. The minimum Gasteiger partial charge on any atom is -0.480 e. The fourth-order valence-electron chi connectivity index (χ4n) is 4.35. The predicted octanol–water partition coefficient (Wildman–Crippen LogP) is 1.07. The molecule has 2 aliphatic carbocycles. The maximum absolute atomic E-state index is 12.9. The lowest BCUT2D eigenvalue weighted by atomic mass is 10.0. The fourth-order valence-corrected chi connectivity index (χ4v) is 4.35. The Hall–Kier alpha value is -1.63. The molecule has 0 aromatic carbocycles. The number of hydrogen-bond donors (Lipinski definition) is 3. The Morgan fingerprint density at radius 2 is 1.88 bits per heavy atom. The molecule has 3 fully saturated rings. The molecule has 0 spiro atoms. The van der Waals surface area contributed by atoms with Crippen molar-refractivity contribution >= 4 is 17.8 Å². The van der Waals surface area contributed by atoms with Crippen molar-refractivity contribution in [3.8, 4) is 0 Å². The summed E-state index contributed by atoms with van der Waals surface area (Å²) in [5.41, 5.74) is 0. The summed E-state index contributed by atoms with van der Waals surface area (Å²) in [5, 5.41) is 21.7. The average Bonchev–Trinajstić information content (AvgIpc) is 3.08. The van der Waals surface area contributed by atoms with Crippen LogP contribution in [-0.4, -0.2) is 57.1 Å². The second kappa shape index (κ2) is 6.70. The van der Waals surface area contributed by atoms with Gasteiger partial charge in [-0.25, -0.2) is 4.79 Å². The molecule has 1 saturated heterocycles. The molecule has 0 bridgehead atoms. The smallest absolute Gasteiger partial charge is 0.326 e. The van der Waals surface area contributed by atoms with Crippen molar-refractivity contribution in [1.29, 1.82) is 0 Å². The summed E-state index contributed by atoms with van der Waals surface area (Å²) in [7, 11) is 0. The number of carboxylic acid groups (broad SMARTS) is 2. The number of nitrogens with zero attached hydrogens (tertiary/aromatic N) is 1. The van der Waals surface area contributed by atoms with Crippen LogP contribution in [0.4, 0.5) is 0 Å². The Bertz CT molecular complexity index is 533. The Morgan fingerprint density at radius 3 is 2.46 bits per heavy atom. The second-order valence-electron chi connectivity index (χ2n) is 7.55. The van der Waals surface area contributed by atoms with E-state index in [9.17, 15) is 24.6 Å². The van der Waals surface area contributed by atoms with Gasteiger partial charge in [0, 0.05) is 6.04 Å². The van der Waals surface area contributed by atoms with Crippen molar-refractivity contribution in [2.75, 3.05) is 0 Å². The van der Waals surface area contributed by atoms with Crippen molar-refractivity contribution in [1.82, 2.24) is 10.2 Å². The SMILES string of the molecule is C[C@H](N[C@@H](CC1CC1)C(=O)O)C(=O)N1[C@H](C(=O)O)C[C@@H]2CCC[C@@H]21. The highest BCUT2D eigenvalue weighted by atomic mass is 16.4. The number of likely N-dealkylation sites (tertiary alicyclic amines) is 1. The van der Waals surface area contributed by atoms with Crippen LogP contribution >= 0.6 is 0 Å². The normalized spacial score (nSPS) is 31.5. The third-order valence-electron chi connectivity index (χ3n) is 5.76. The van der Waals surface area contributed by atoms with Gasteiger partial charge in [0.2, 0.25) is 5.91 Å². The van der Waals surface area contributed by atoms with E-state index in [0.717, 1.165) is 32.1 Å². The van der Waals surface area contributed by atoms with Crippen molar-refractivity contribution in [2.45, 2.75) is 76.0 Å². The summed E-state index contributed by atoms with van der Waals surface area (Å²) in [4.78, 5) is 37.4. The Kier molecular flexibility index (Phi) is 4.80. The van der Waals surface area contributed by atoms with Crippen LogP contribution in [0.1, 0.15) is 51.9 Å². The van der Waals surface area contributed by atoms with Crippen LogP contribution in [0.3, 0.4) is 0 Å². The summed E-state index contributed by atoms with van der Waals surface area (Å²) >= 11 is 0. The van der Waals surface area contributed by atoms with Gasteiger partial charge in [-0.1, -0.05) is 19.3 Å². The second-order valence-corrected chi connectivity index (χ2v) is 7.55. The largest absolute Gasteiger partial charge is 0.480 e. The molecule has 0 radical (unpaired) electrons. The summed E-state index contributed by atoms with van der Waals surface area (Å²) in [6.45, 7) is 1.65. The first-order chi connectivity index (χ1) is 11.4. The maximum Gasteiger partial charge on any atom is 0.326 e. The van der Waals surface area contributed by atoms with E-state index < -0.39 is 30.1 Å². The van der Waals surface area contributed by atoms with E-state index in [1.54, 1.807) is 6.92 Å². The zero-order valence-corrected chi connectivity index (χ0v) is 14.0. The van der Waals surface area contributed by atoms with Gasteiger partial charge in [-0.15, -0.1) is 0 Å². The summed E-state index contributed by atoms with van der Waals surface area (Å²) in [5.74, 6) is -1.49. The molecular formula is C17H26N2O5. The molecule has 5 atom stereocenters. The quantitative estimate of drug-likeness (QED) is 0.641. The molecule has 0 aromatic rings. The van der Waals surface area contributed by atoms with E-state index in [2.05, 4.69) is 5.32 Å². The third kappa shape index (κ3) is 3.41. The first-order valence-corrected chi connectivity index (χ1v) is 8.92. The Balaban J connectivity index is 1.68. The summed E-state index contributed by atoms with van der Waals surface area (Å²) < 4.78 is 0. The van der Waals surface area contributed by atoms with Gasteiger partial charge in [-0.2, -0.15) is 0 Å². The lowest BCUT2D eigenvalue weighted by Crippen LogP contribution is -2.55. The van der Waals surface area contributed by atoms with E-state index in [1.807, 2.05) is 0 Å². The van der Waals surface area contributed by atoms with Crippen molar-refractivity contribution in [2.24, 2.45) is 11.8 Å². The first kappa shape index (κ1) is 17.2. The number of carbonyl (C=O) groups is 3. The number of hydrogen-bond acceptors (Lipinski definition) is 4. The molecule has 1 heterocycles. The molecule has 7 heteroatoms. The lowest BCUT2D eigenvalue weighted by molar-refractivity contribution is -0.151. The number of carbonyl (C=O) groups excluding carboxylic acids is 1. The molecule has 7 nitrogen and oxygen atoms in total. The van der Waals surface area contributed by atoms with Crippen molar-refractivity contribution in [3.63, 3.8) is 0 Å². The van der Waals surface area contributed by atoms with Gasteiger partial charge in [-0.3, -0.25) is 14.9 Å². The zero-order chi connectivity index (χ0) is 17.4. The Labute approximate surface area is 141 Å². The number of rotatable bonds is 7. The van der Waals surface area contributed by atoms with Crippen LogP contribution in [-0.2, 0) is 14.4 Å². The molecular weight excluding hydrogens is 312 g/mol. The molecule has 3 N–H and O–H groups in total. The highest BCUT2D eigenvalue weighted by Crippen LogP contribution is 2.41. The summed E-state index contributed by atoms with van der Waals surface area (Å²) in [6, 6.07) is -2.22.